The van der Waals surface area contributed by atoms with E-state index in [2.05, 4.69) is 34.6 Å². The molecule has 11 heteroatoms. The molecule has 5 atom stereocenters. The number of likely N-dealkylation sites (tertiary alicyclic amines) is 1. The topological polar surface area (TPSA) is 66.2 Å². The molecule has 4 fully saturated rings. The molecule has 2 aromatic heterocycles. The quantitative estimate of drug-likeness (QED) is 0.543. The third kappa shape index (κ3) is 5.12. The standard InChI is InChI=1S/C29H43F3N6O2/c1-19-6-5-9-36(13-19)20(2)21-10-24(29(30,31)32)25-15-37(27(39)38(25)14-21)23-8-4-7-22(11-23)28(16-40-17-28)12-26-34-33-18-35(26)3/h10,14-15,19-20,22-23,26,33-34H,4-9,11-13,16-18H2,1-3H3/t19-,20?,22?,23?,26?/m0/s1. The van der Waals surface area contributed by atoms with Crippen molar-refractivity contribution in [3.05, 3.63) is 40.1 Å². The summed E-state index contributed by atoms with van der Waals surface area (Å²) in [4.78, 5) is 18.3. The predicted molar refractivity (Wildman–Crippen MR) is 147 cm³/mol. The number of ether oxygens (including phenoxy) is 1. The van der Waals surface area contributed by atoms with Gasteiger partial charge >= 0.3 is 11.9 Å². The Kier molecular flexibility index (Phi) is 7.57. The van der Waals surface area contributed by atoms with Gasteiger partial charge in [0, 0.05) is 36.4 Å². The van der Waals surface area contributed by atoms with Crippen LogP contribution in [0, 0.1) is 17.3 Å². The summed E-state index contributed by atoms with van der Waals surface area (Å²) in [5.74, 6) is 0.861. The molecule has 0 amide bonds. The second kappa shape index (κ2) is 10.7. The van der Waals surface area contributed by atoms with Crippen LogP contribution in [0.4, 0.5) is 13.2 Å². The molecule has 222 valence electrons. The van der Waals surface area contributed by atoms with Crippen molar-refractivity contribution in [3.63, 3.8) is 0 Å². The van der Waals surface area contributed by atoms with Crippen LogP contribution in [0.15, 0.2) is 23.3 Å². The molecule has 2 aromatic rings. The minimum atomic E-state index is -4.55. The molecule has 6 rings (SSSR count). The van der Waals surface area contributed by atoms with E-state index >= 15 is 0 Å². The van der Waals surface area contributed by atoms with Crippen molar-refractivity contribution in [2.45, 2.75) is 83.2 Å². The highest BCUT2D eigenvalue weighted by atomic mass is 19.4. The van der Waals surface area contributed by atoms with Gasteiger partial charge in [0.25, 0.3) is 0 Å². The summed E-state index contributed by atoms with van der Waals surface area (Å²) in [6.07, 6.45) is 5.47. The molecule has 0 spiro atoms. The van der Waals surface area contributed by atoms with E-state index in [0.717, 1.165) is 64.7 Å². The van der Waals surface area contributed by atoms with E-state index in [1.54, 1.807) is 10.8 Å². The fourth-order valence-corrected chi connectivity index (χ4v) is 7.69. The van der Waals surface area contributed by atoms with Crippen LogP contribution in [-0.2, 0) is 10.9 Å². The Balaban J connectivity index is 1.31. The van der Waals surface area contributed by atoms with Crippen LogP contribution in [0.2, 0.25) is 0 Å². The van der Waals surface area contributed by atoms with Gasteiger partial charge in [-0.25, -0.2) is 15.6 Å². The summed E-state index contributed by atoms with van der Waals surface area (Å²) in [5.41, 5.74) is 5.97. The zero-order valence-corrected chi connectivity index (χ0v) is 23.8. The Morgan fingerprint density at radius 1 is 1.18 bits per heavy atom. The van der Waals surface area contributed by atoms with Gasteiger partial charge in [-0.15, -0.1) is 0 Å². The fraction of sp³-hybridized carbons (Fsp3) is 0.759. The second-order valence-corrected chi connectivity index (χ2v) is 13.0. The van der Waals surface area contributed by atoms with Gasteiger partial charge < -0.3 is 4.74 Å². The minimum Gasteiger partial charge on any atom is -0.380 e. The van der Waals surface area contributed by atoms with E-state index in [1.807, 2.05) is 6.92 Å². The van der Waals surface area contributed by atoms with Crippen LogP contribution in [0.1, 0.15) is 82.0 Å². The number of nitrogens with zero attached hydrogens (tertiary/aromatic N) is 4. The van der Waals surface area contributed by atoms with Gasteiger partial charge in [-0.1, -0.05) is 13.3 Å². The minimum absolute atomic E-state index is 0.0185. The zero-order chi connectivity index (χ0) is 28.2. The van der Waals surface area contributed by atoms with E-state index in [4.69, 9.17) is 4.74 Å². The number of alkyl halides is 3. The average molecular weight is 565 g/mol. The molecular weight excluding hydrogens is 521 g/mol. The smallest absolute Gasteiger partial charge is 0.380 e. The number of nitrogens with one attached hydrogen (secondary N) is 2. The molecule has 4 aliphatic rings. The van der Waals surface area contributed by atoms with E-state index in [1.165, 1.54) is 16.7 Å². The lowest BCUT2D eigenvalue weighted by Gasteiger charge is -2.51. The number of piperidine rings is 1. The molecule has 5 heterocycles. The van der Waals surface area contributed by atoms with Crippen molar-refractivity contribution in [3.8, 4) is 0 Å². The van der Waals surface area contributed by atoms with E-state index in [-0.39, 0.29) is 34.9 Å². The molecule has 1 aliphatic carbocycles. The third-order valence-corrected chi connectivity index (χ3v) is 10.3. The van der Waals surface area contributed by atoms with Gasteiger partial charge in [-0.2, -0.15) is 13.2 Å². The summed E-state index contributed by atoms with van der Waals surface area (Å²) in [7, 11) is 2.08. The molecule has 3 aliphatic heterocycles. The number of hydrogen-bond donors (Lipinski definition) is 2. The van der Waals surface area contributed by atoms with Crippen molar-refractivity contribution in [2.75, 3.05) is 40.0 Å². The molecule has 0 aromatic carbocycles. The largest absolute Gasteiger partial charge is 0.418 e. The molecule has 1 saturated carbocycles. The summed E-state index contributed by atoms with van der Waals surface area (Å²) >= 11 is 0. The average Bonchev–Trinajstić information content (AvgIpc) is 3.46. The highest BCUT2D eigenvalue weighted by Gasteiger charge is 2.49. The number of aromatic nitrogens is 2. The SMILES string of the molecule is CC(c1cc(C(F)(F)F)c2cn(C3CCCC(C4(CC5NNCN5C)COC4)C3)c(=O)n2c1)N1CCC[C@H](C)C1. The molecule has 0 bridgehead atoms. The van der Waals surface area contributed by atoms with Crippen LogP contribution in [0.5, 0.6) is 0 Å². The summed E-state index contributed by atoms with van der Waals surface area (Å²) in [6.45, 7) is 8.02. The van der Waals surface area contributed by atoms with Crippen molar-refractivity contribution in [2.24, 2.45) is 17.3 Å². The number of rotatable bonds is 6. The summed E-state index contributed by atoms with van der Waals surface area (Å²) in [6, 6.07) is 0.950. The number of imidazole rings is 1. The number of hydrazine groups is 1. The molecule has 8 nitrogen and oxygen atoms in total. The molecule has 40 heavy (non-hydrogen) atoms. The Morgan fingerprint density at radius 3 is 2.62 bits per heavy atom. The maximum absolute atomic E-state index is 14.4. The van der Waals surface area contributed by atoms with Crippen molar-refractivity contribution in [1.82, 2.24) is 29.6 Å². The first-order valence-corrected chi connectivity index (χ1v) is 14.9. The van der Waals surface area contributed by atoms with Crippen LogP contribution >= 0.6 is 0 Å². The van der Waals surface area contributed by atoms with E-state index in [9.17, 15) is 18.0 Å². The number of fused-ring (bicyclic) bond motifs is 1. The number of pyridine rings is 1. The fourth-order valence-electron chi connectivity index (χ4n) is 7.69. The Hall–Kier alpha value is -1.92. The van der Waals surface area contributed by atoms with E-state index in [0.29, 0.717) is 30.6 Å². The van der Waals surface area contributed by atoms with Crippen LogP contribution < -0.4 is 16.5 Å². The van der Waals surface area contributed by atoms with Crippen molar-refractivity contribution in [1.29, 1.82) is 0 Å². The van der Waals surface area contributed by atoms with E-state index < -0.39 is 11.7 Å². The zero-order valence-electron chi connectivity index (χ0n) is 23.8. The summed E-state index contributed by atoms with van der Waals surface area (Å²) in [5, 5.41) is 0. The van der Waals surface area contributed by atoms with Crippen molar-refractivity contribution >= 4 is 5.52 Å². The second-order valence-electron chi connectivity index (χ2n) is 13.0. The predicted octanol–water partition coefficient (Wildman–Crippen LogP) is 4.37. The highest BCUT2D eigenvalue weighted by molar-refractivity contribution is 5.56. The van der Waals surface area contributed by atoms with Gasteiger partial charge in [0.15, 0.2) is 0 Å². The first-order valence-electron chi connectivity index (χ1n) is 14.9. The number of hydrogen-bond acceptors (Lipinski definition) is 6. The third-order valence-electron chi connectivity index (χ3n) is 10.3. The van der Waals surface area contributed by atoms with Gasteiger partial charge in [0.05, 0.1) is 37.1 Å². The van der Waals surface area contributed by atoms with Gasteiger partial charge in [-0.05, 0) is 82.5 Å². The molecule has 4 unspecified atom stereocenters. The van der Waals surface area contributed by atoms with Crippen LogP contribution in [0.25, 0.3) is 5.52 Å². The monoisotopic (exact) mass is 564 g/mol. The van der Waals surface area contributed by atoms with Gasteiger partial charge in [-0.3, -0.25) is 18.8 Å². The summed E-state index contributed by atoms with van der Waals surface area (Å²) < 4.78 is 51.7. The van der Waals surface area contributed by atoms with Gasteiger partial charge in [0.1, 0.15) is 0 Å². The van der Waals surface area contributed by atoms with Crippen molar-refractivity contribution < 1.29 is 17.9 Å². The molecule has 3 saturated heterocycles. The Labute approximate surface area is 233 Å². The first kappa shape index (κ1) is 28.2. The van der Waals surface area contributed by atoms with Gasteiger partial charge in [0.2, 0.25) is 0 Å². The highest BCUT2D eigenvalue weighted by Crippen LogP contribution is 2.49. The Morgan fingerprint density at radius 2 is 1.98 bits per heavy atom. The molecule has 0 radical (unpaired) electrons. The lowest BCUT2D eigenvalue weighted by atomic mass is 9.64. The lowest BCUT2D eigenvalue weighted by Crippen LogP contribution is -2.54. The molecule has 2 N–H and O–H groups in total. The lowest BCUT2D eigenvalue weighted by molar-refractivity contribution is -0.167. The maximum atomic E-state index is 14.4. The van der Waals surface area contributed by atoms with Crippen LogP contribution in [0.3, 0.4) is 0 Å². The first-order chi connectivity index (χ1) is 19.1. The normalized spacial score (nSPS) is 30.9. The maximum Gasteiger partial charge on any atom is 0.418 e. The number of halogens is 3. The Bertz CT molecular complexity index is 1270. The molecular formula is C29H43F3N6O2. The van der Waals surface area contributed by atoms with Crippen LogP contribution in [-0.4, -0.2) is 65.0 Å².